The van der Waals surface area contributed by atoms with Crippen LogP contribution in [-0.4, -0.2) is 15.9 Å². The molecule has 0 spiro atoms. The van der Waals surface area contributed by atoms with Crippen LogP contribution >= 0.6 is 22.9 Å². The predicted molar refractivity (Wildman–Crippen MR) is 102 cm³/mol. The van der Waals surface area contributed by atoms with Gasteiger partial charge in [0.15, 0.2) is 5.13 Å². The molecule has 124 valence electrons. The molecular weight excluding hydrogens is 358 g/mol. The van der Waals surface area contributed by atoms with E-state index in [1.165, 1.54) is 17.4 Å². The topological polar surface area (TPSA) is 74.8 Å². The quantitative estimate of drug-likeness (QED) is 0.551. The van der Waals surface area contributed by atoms with Crippen LogP contribution in [0.3, 0.4) is 0 Å². The second-order valence-electron chi connectivity index (χ2n) is 5.64. The number of para-hydroxylation sites is 1. The van der Waals surface area contributed by atoms with E-state index in [9.17, 15) is 9.59 Å². The number of rotatable bonds is 2. The highest BCUT2D eigenvalue weighted by Gasteiger charge is 2.15. The number of H-pyrrole nitrogens is 1. The first kappa shape index (κ1) is 15.8. The average molecular weight is 370 g/mol. The zero-order chi connectivity index (χ0) is 17.6. The number of thiazole rings is 1. The van der Waals surface area contributed by atoms with Crippen molar-refractivity contribution in [1.29, 1.82) is 0 Å². The van der Waals surface area contributed by atoms with E-state index in [1.807, 2.05) is 31.2 Å². The Balaban J connectivity index is 1.79. The van der Waals surface area contributed by atoms with Gasteiger partial charge >= 0.3 is 0 Å². The molecule has 2 aromatic carbocycles. The second-order valence-corrected chi connectivity index (χ2v) is 7.07. The molecule has 4 rings (SSSR count). The lowest BCUT2D eigenvalue weighted by Crippen LogP contribution is -2.16. The summed E-state index contributed by atoms with van der Waals surface area (Å²) in [7, 11) is 0. The van der Waals surface area contributed by atoms with Gasteiger partial charge in [-0.1, -0.05) is 35.1 Å². The number of benzene rings is 2. The molecule has 2 N–H and O–H groups in total. The number of carbonyl (C=O) groups is 1. The summed E-state index contributed by atoms with van der Waals surface area (Å²) in [5.74, 6) is -0.378. The molecule has 7 heteroatoms. The van der Waals surface area contributed by atoms with Crippen LogP contribution in [-0.2, 0) is 0 Å². The first-order valence-corrected chi connectivity index (χ1v) is 8.71. The number of pyridine rings is 1. The maximum Gasteiger partial charge on any atom is 0.258 e. The Kier molecular flexibility index (Phi) is 3.78. The number of nitrogens with one attached hydrogen (secondary N) is 2. The number of aryl methyl sites for hydroxylation is 1. The molecule has 2 heterocycles. The molecule has 0 bridgehead atoms. The Labute approximate surface area is 151 Å². The third kappa shape index (κ3) is 2.90. The summed E-state index contributed by atoms with van der Waals surface area (Å²) in [6, 6.07) is 12.4. The summed E-state index contributed by atoms with van der Waals surface area (Å²) in [5, 5.41) is 4.45. The van der Waals surface area contributed by atoms with Gasteiger partial charge in [0.05, 0.1) is 21.3 Å². The minimum atomic E-state index is -0.378. The zero-order valence-corrected chi connectivity index (χ0v) is 14.7. The van der Waals surface area contributed by atoms with Gasteiger partial charge in [0.1, 0.15) is 0 Å². The summed E-state index contributed by atoms with van der Waals surface area (Å²) < 4.78 is 0.983. The number of nitrogens with zero attached hydrogens (tertiary/aromatic N) is 1. The number of hydrogen-bond acceptors (Lipinski definition) is 4. The summed E-state index contributed by atoms with van der Waals surface area (Å²) in [4.78, 5) is 31.7. The molecule has 0 aliphatic rings. The predicted octanol–water partition coefficient (Wildman–Crippen LogP) is 4.35. The monoisotopic (exact) mass is 369 g/mol. The minimum absolute atomic E-state index is 0.290. The van der Waals surface area contributed by atoms with Crippen LogP contribution in [0.1, 0.15) is 15.9 Å². The molecule has 0 atom stereocenters. The highest BCUT2D eigenvalue weighted by Crippen LogP contribution is 2.27. The van der Waals surface area contributed by atoms with E-state index in [1.54, 1.807) is 12.1 Å². The van der Waals surface area contributed by atoms with Gasteiger partial charge in [-0.3, -0.25) is 14.9 Å². The van der Waals surface area contributed by atoms with Crippen LogP contribution in [0.5, 0.6) is 0 Å². The Hall–Kier alpha value is -2.70. The van der Waals surface area contributed by atoms with E-state index in [2.05, 4.69) is 15.3 Å². The van der Waals surface area contributed by atoms with E-state index >= 15 is 0 Å². The molecule has 4 aromatic rings. The highest BCUT2D eigenvalue weighted by molar-refractivity contribution is 7.22. The van der Waals surface area contributed by atoms with Crippen LogP contribution in [0, 0.1) is 6.92 Å². The lowest BCUT2D eigenvalue weighted by molar-refractivity contribution is 0.102. The van der Waals surface area contributed by atoms with Crippen LogP contribution in [0.2, 0.25) is 5.02 Å². The molecule has 0 aliphatic heterocycles. The summed E-state index contributed by atoms with van der Waals surface area (Å²) in [6.07, 6.45) is 0. The number of hydrogen-bond donors (Lipinski definition) is 2. The number of halogens is 1. The van der Waals surface area contributed by atoms with E-state index in [4.69, 9.17) is 11.6 Å². The number of carbonyl (C=O) groups excluding carboxylic acids is 1. The minimum Gasteiger partial charge on any atom is -0.322 e. The fraction of sp³-hybridized carbons (Fsp3) is 0.0556. The second kappa shape index (κ2) is 5.98. The van der Waals surface area contributed by atoms with Crippen molar-refractivity contribution in [2.45, 2.75) is 6.92 Å². The maximum absolute atomic E-state index is 12.7. The van der Waals surface area contributed by atoms with Gasteiger partial charge in [0.2, 0.25) is 5.56 Å². The molecule has 0 aliphatic carbocycles. The van der Waals surface area contributed by atoms with E-state index in [0.717, 1.165) is 15.8 Å². The van der Waals surface area contributed by atoms with Crippen molar-refractivity contribution in [3.05, 3.63) is 69.0 Å². The van der Waals surface area contributed by atoms with Gasteiger partial charge in [0, 0.05) is 16.5 Å². The maximum atomic E-state index is 12.7. The average Bonchev–Trinajstić information content (AvgIpc) is 2.97. The molecule has 0 radical (unpaired) electrons. The third-order valence-electron chi connectivity index (χ3n) is 3.88. The molecule has 0 saturated heterocycles. The van der Waals surface area contributed by atoms with Gasteiger partial charge in [-0.15, -0.1) is 0 Å². The standard InChI is InChI=1S/C18H12ClN3O2S/c1-9-6-10-11(7-16(23)20-14(10)8-12(9)19)17(24)22-18-21-13-4-2-3-5-15(13)25-18/h2-8H,1H3,(H,20,23)(H,21,22,24). The van der Waals surface area contributed by atoms with Crippen LogP contribution in [0.15, 0.2) is 47.3 Å². The Morgan fingerprint density at radius 3 is 2.84 bits per heavy atom. The smallest absolute Gasteiger partial charge is 0.258 e. The molecule has 0 unspecified atom stereocenters. The van der Waals surface area contributed by atoms with Crippen molar-refractivity contribution < 1.29 is 4.79 Å². The molecule has 5 nitrogen and oxygen atoms in total. The first-order valence-electron chi connectivity index (χ1n) is 7.51. The third-order valence-corrected chi connectivity index (χ3v) is 5.24. The molecule has 0 fully saturated rings. The lowest BCUT2D eigenvalue weighted by Gasteiger charge is -2.08. The largest absolute Gasteiger partial charge is 0.322 e. The fourth-order valence-electron chi connectivity index (χ4n) is 2.66. The van der Waals surface area contributed by atoms with E-state index in [-0.39, 0.29) is 17.0 Å². The van der Waals surface area contributed by atoms with E-state index in [0.29, 0.717) is 21.1 Å². The Morgan fingerprint density at radius 1 is 1.24 bits per heavy atom. The van der Waals surface area contributed by atoms with Crippen molar-refractivity contribution in [2.75, 3.05) is 5.32 Å². The van der Waals surface area contributed by atoms with Gasteiger partial charge in [-0.2, -0.15) is 0 Å². The number of aromatic nitrogens is 2. The molecule has 2 aromatic heterocycles. The number of anilines is 1. The van der Waals surface area contributed by atoms with Gasteiger partial charge in [0.25, 0.3) is 5.91 Å². The Bertz CT molecular complexity index is 1160. The SMILES string of the molecule is Cc1cc2c(C(=O)Nc3nc4ccccc4s3)cc(=O)[nH]c2cc1Cl. The van der Waals surface area contributed by atoms with Crippen molar-refractivity contribution in [1.82, 2.24) is 9.97 Å². The number of fused-ring (bicyclic) bond motifs is 2. The van der Waals surface area contributed by atoms with Crippen molar-refractivity contribution in [3.63, 3.8) is 0 Å². The van der Waals surface area contributed by atoms with Crippen LogP contribution in [0.25, 0.3) is 21.1 Å². The Morgan fingerprint density at radius 2 is 2.04 bits per heavy atom. The van der Waals surface area contributed by atoms with Crippen molar-refractivity contribution >= 4 is 55.1 Å². The summed E-state index contributed by atoms with van der Waals surface area (Å²) in [5.41, 5.74) is 2.11. The first-order chi connectivity index (χ1) is 12.0. The van der Waals surface area contributed by atoms with Gasteiger partial charge in [-0.05, 0) is 36.8 Å². The fourth-order valence-corrected chi connectivity index (χ4v) is 3.69. The van der Waals surface area contributed by atoms with Crippen molar-refractivity contribution in [3.8, 4) is 0 Å². The van der Waals surface area contributed by atoms with Gasteiger partial charge < -0.3 is 4.98 Å². The van der Waals surface area contributed by atoms with Crippen molar-refractivity contribution in [2.24, 2.45) is 0 Å². The van der Waals surface area contributed by atoms with Crippen LogP contribution < -0.4 is 10.9 Å². The normalized spacial score (nSPS) is 11.1. The summed E-state index contributed by atoms with van der Waals surface area (Å²) >= 11 is 7.50. The zero-order valence-electron chi connectivity index (χ0n) is 13.1. The lowest BCUT2D eigenvalue weighted by atomic mass is 10.1. The molecule has 0 saturated carbocycles. The summed E-state index contributed by atoms with van der Waals surface area (Å²) in [6.45, 7) is 1.85. The molecule has 1 amide bonds. The highest BCUT2D eigenvalue weighted by atomic mass is 35.5. The molecule has 25 heavy (non-hydrogen) atoms. The van der Waals surface area contributed by atoms with Gasteiger partial charge in [-0.25, -0.2) is 4.98 Å². The van der Waals surface area contributed by atoms with Crippen LogP contribution in [0.4, 0.5) is 5.13 Å². The number of amides is 1. The van der Waals surface area contributed by atoms with E-state index < -0.39 is 0 Å². The number of aromatic amines is 1. The molecular formula is C18H12ClN3O2S.